The van der Waals surface area contributed by atoms with E-state index in [9.17, 15) is 4.79 Å². The summed E-state index contributed by atoms with van der Waals surface area (Å²) in [5.41, 5.74) is 0. The first kappa shape index (κ1) is 14.8. The van der Waals surface area contributed by atoms with Gasteiger partial charge in [0.15, 0.2) is 0 Å². The number of carbonyl (C=O) groups excluding carboxylic acids is 1. The predicted octanol–water partition coefficient (Wildman–Crippen LogP) is 1.65. The van der Waals surface area contributed by atoms with Gasteiger partial charge in [0.1, 0.15) is 6.10 Å². The van der Waals surface area contributed by atoms with E-state index in [0.29, 0.717) is 17.9 Å². The quantitative estimate of drug-likeness (QED) is 0.843. The average Bonchev–Trinajstić information content (AvgIpc) is 2.85. The number of ether oxygens (including phenoxy) is 1. The molecule has 4 atom stereocenters. The van der Waals surface area contributed by atoms with Crippen molar-refractivity contribution < 1.29 is 9.53 Å². The first-order valence-electron chi connectivity index (χ1n) is 7.81. The van der Waals surface area contributed by atoms with Crippen LogP contribution in [-0.2, 0) is 9.53 Å². The lowest BCUT2D eigenvalue weighted by Crippen LogP contribution is -2.53. The summed E-state index contributed by atoms with van der Waals surface area (Å²) >= 11 is 0. The topological polar surface area (TPSA) is 41.6 Å². The van der Waals surface area contributed by atoms with Crippen molar-refractivity contribution >= 4 is 5.91 Å². The average molecular weight is 268 g/mol. The molecule has 0 bridgehead atoms. The van der Waals surface area contributed by atoms with Gasteiger partial charge < -0.3 is 15.0 Å². The highest BCUT2D eigenvalue weighted by Gasteiger charge is 2.37. The number of piperidine rings is 1. The molecule has 0 radical (unpaired) electrons. The lowest BCUT2D eigenvalue weighted by atomic mass is 9.89. The third-order valence-electron chi connectivity index (χ3n) is 4.67. The fraction of sp³-hybridized carbons (Fsp3) is 0.933. The van der Waals surface area contributed by atoms with Crippen LogP contribution in [0.5, 0.6) is 0 Å². The molecule has 2 fully saturated rings. The van der Waals surface area contributed by atoms with Gasteiger partial charge in [0.25, 0.3) is 5.91 Å². The molecule has 1 N–H and O–H groups in total. The van der Waals surface area contributed by atoms with Gasteiger partial charge in [-0.15, -0.1) is 0 Å². The summed E-state index contributed by atoms with van der Waals surface area (Å²) in [5.74, 6) is 1.17. The molecule has 0 aromatic rings. The first-order chi connectivity index (χ1) is 9.17. The lowest BCUT2D eigenvalue weighted by molar-refractivity contribution is -0.144. The van der Waals surface area contributed by atoms with Crippen molar-refractivity contribution in [2.45, 2.75) is 52.2 Å². The van der Waals surface area contributed by atoms with Crippen LogP contribution < -0.4 is 5.32 Å². The highest BCUT2D eigenvalue weighted by Crippen LogP contribution is 2.26. The van der Waals surface area contributed by atoms with Gasteiger partial charge in [0, 0.05) is 25.7 Å². The Hall–Kier alpha value is -0.610. The molecule has 0 aromatic heterocycles. The molecule has 2 rings (SSSR count). The maximum atomic E-state index is 12.5. The first-order valence-corrected chi connectivity index (χ1v) is 7.81. The molecule has 2 heterocycles. The molecule has 0 aromatic carbocycles. The zero-order valence-electron chi connectivity index (χ0n) is 12.5. The van der Waals surface area contributed by atoms with Crippen LogP contribution in [0.1, 0.15) is 40.0 Å². The number of carbonyl (C=O) groups is 1. The van der Waals surface area contributed by atoms with E-state index in [1.54, 1.807) is 0 Å². The third-order valence-corrected chi connectivity index (χ3v) is 4.67. The number of hydrogen-bond donors (Lipinski definition) is 1. The molecule has 0 spiro atoms. The SMILES string of the molecule is CCNC1CCN(C(=O)C2OCCC2C)CC1CC. The van der Waals surface area contributed by atoms with Gasteiger partial charge in [-0.2, -0.15) is 0 Å². The van der Waals surface area contributed by atoms with E-state index in [1.807, 2.05) is 4.90 Å². The molecule has 4 unspecified atom stereocenters. The van der Waals surface area contributed by atoms with Crippen LogP contribution in [0.15, 0.2) is 0 Å². The standard InChI is InChI=1S/C15H28N2O2/c1-4-12-10-17(8-6-13(12)16-5-2)15(18)14-11(3)7-9-19-14/h11-14,16H,4-10H2,1-3H3. The maximum absolute atomic E-state index is 12.5. The molecular formula is C15H28N2O2. The summed E-state index contributed by atoms with van der Waals surface area (Å²) < 4.78 is 5.62. The minimum Gasteiger partial charge on any atom is -0.368 e. The lowest BCUT2D eigenvalue weighted by Gasteiger charge is -2.39. The largest absolute Gasteiger partial charge is 0.368 e. The summed E-state index contributed by atoms with van der Waals surface area (Å²) in [6.45, 7) is 10.0. The van der Waals surface area contributed by atoms with E-state index in [-0.39, 0.29) is 12.0 Å². The van der Waals surface area contributed by atoms with Gasteiger partial charge >= 0.3 is 0 Å². The Balaban J connectivity index is 1.93. The van der Waals surface area contributed by atoms with Crippen LogP contribution in [-0.4, -0.2) is 49.2 Å². The molecular weight excluding hydrogens is 240 g/mol. The molecule has 0 saturated carbocycles. The van der Waals surface area contributed by atoms with Gasteiger partial charge in [0.2, 0.25) is 0 Å². The van der Waals surface area contributed by atoms with E-state index in [1.165, 1.54) is 0 Å². The van der Waals surface area contributed by atoms with Crippen molar-refractivity contribution in [2.24, 2.45) is 11.8 Å². The van der Waals surface area contributed by atoms with E-state index in [4.69, 9.17) is 4.74 Å². The molecule has 4 nitrogen and oxygen atoms in total. The van der Waals surface area contributed by atoms with Crippen molar-refractivity contribution in [3.05, 3.63) is 0 Å². The van der Waals surface area contributed by atoms with Gasteiger partial charge in [0.05, 0.1) is 0 Å². The minimum atomic E-state index is -0.187. The van der Waals surface area contributed by atoms with Gasteiger partial charge in [-0.3, -0.25) is 4.79 Å². The monoisotopic (exact) mass is 268 g/mol. The summed E-state index contributed by atoms with van der Waals surface area (Å²) in [6, 6.07) is 0.570. The van der Waals surface area contributed by atoms with Crippen LogP contribution in [0.2, 0.25) is 0 Å². The Morgan fingerprint density at radius 3 is 2.74 bits per heavy atom. The molecule has 2 saturated heterocycles. The number of nitrogens with one attached hydrogen (secondary N) is 1. The molecule has 4 heteroatoms. The normalized spacial score (nSPS) is 35.6. The molecule has 110 valence electrons. The fourth-order valence-corrected chi connectivity index (χ4v) is 3.37. The minimum absolute atomic E-state index is 0.187. The Bertz CT molecular complexity index is 309. The Morgan fingerprint density at radius 1 is 1.37 bits per heavy atom. The van der Waals surface area contributed by atoms with Crippen molar-refractivity contribution in [1.29, 1.82) is 0 Å². The second kappa shape index (κ2) is 6.71. The van der Waals surface area contributed by atoms with Crippen LogP contribution in [0.4, 0.5) is 0 Å². The van der Waals surface area contributed by atoms with Crippen LogP contribution in [0.3, 0.4) is 0 Å². The van der Waals surface area contributed by atoms with E-state index in [2.05, 4.69) is 26.1 Å². The van der Waals surface area contributed by atoms with Gasteiger partial charge in [-0.05, 0) is 31.2 Å². The highest BCUT2D eigenvalue weighted by molar-refractivity contribution is 5.81. The molecule has 2 aliphatic rings. The second-order valence-corrected chi connectivity index (χ2v) is 5.96. The second-order valence-electron chi connectivity index (χ2n) is 5.96. The van der Waals surface area contributed by atoms with Crippen LogP contribution in [0.25, 0.3) is 0 Å². The van der Waals surface area contributed by atoms with Crippen molar-refractivity contribution in [2.75, 3.05) is 26.2 Å². The van der Waals surface area contributed by atoms with Crippen molar-refractivity contribution in [3.63, 3.8) is 0 Å². The van der Waals surface area contributed by atoms with E-state index >= 15 is 0 Å². The zero-order chi connectivity index (χ0) is 13.8. The smallest absolute Gasteiger partial charge is 0.251 e. The Morgan fingerprint density at radius 2 is 2.16 bits per heavy atom. The maximum Gasteiger partial charge on any atom is 0.251 e. The zero-order valence-corrected chi connectivity index (χ0v) is 12.5. The molecule has 19 heavy (non-hydrogen) atoms. The number of nitrogens with zero attached hydrogens (tertiary/aromatic N) is 1. The van der Waals surface area contributed by atoms with Crippen LogP contribution >= 0.6 is 0 Å². The van der Waals surface area contributed by atoms with E-state index < -0.39 is 0 Å². The van der Waals surface area contributed by atoms with Crippen LogP contribution in [0, 0.1) is 11.8 Å². The number of hydrogen-bond acceptors (Lipinski definition) is 3. The highest BCUT2D eigenvalue weighted by atomic mass is 16.5. The molecule has 0 aliphatic carbocycles. The Kier molecular flexibility index (Phi) is 5.22. The summed E-state index contributed by atoms with van der Waals surface area (Å²) in [5, 5.41) is 3.55. The molecule has 1 amide bonds. The summed E-state index contributed by atoms with van der Waals surface area (Å²) in [7, 11) is 0. The summed E-state index contributed by atoms with van der Waals surface area (Å²) in [4.78, 5) is 14.6. The molecule has 2 aliphatic heterocycles. The summed E-state index contributed by atoms with van der Waals surface area (Å²) in [6.07, 6.45) is 3.02. The predicted molar refractivity (Wildman–Crippen MR) is 76.0 cm³/mol. The van der Waals surface area contributed by atoms with E-state index in [0.717, 1.165) is 45.5 Å². The van der Waals surface area contributed by atoms with Crippen molar-refractivity contribution in [3.8, 4) is 0 Å². The number of likely N-dealkylation sites (tertiary alicyclic amines) is 1. The van der Waals surface area contributed by atoms with Gasteiger partial charge in [-0.25, -0.2) is 0 Å². The van der Waals surface area contributed by atoms with Crippen molar-refractivity contribution in [1.82, 2.24) is 10.2 Å². The number of rotatable bonds is 4. The van der Waals surface area contributed by atoms with Gasteiger partial charge in [-0.1, -0.05) is 27.2 Å². The third kappa shape index (κ3) is 3.29. The fourth-order valence-electron chi connectivity index (χ4n) is 3.37. The Labute approximate surface area is 116 Å². The number of amides is 1.